The molecule has 1 N–H and O–H groups in total. The third-order valence-electron chi connectivity index (χ3n) is 8.31. The van der Waals surface area contributed by atoms with E-state index in [4.69, 9.17) is 15.0 Å². The molecule has 2 saturated heterocycles. The van der Waals surface area contributed by atoms with E-state index in [1.165, 1.54) is 68.3 Å². The van der Waals surface area contributed by atoms with Gasteiger partial charge in [-0.1, -0.05) is 37.0 Å². The van der Waals surface area contributed by atoms with E-state index < -0.39 is 0 Å². The van der Waals surface area contributed by atoms with E-state index in [-0.39, 0.29) is 18.0 Å². The van der Waals surface area contributed by atoms with Crippen molar-refractivity contribution in [3.8, 4) is 0 Å². The van der Waals surface area contributed by atoms with Gasteiger partial charge in [0.25, 0.3) is 0 Å². The Morgan fingerprint density at radius 2 is 1.61 bits per heavy atom. The van der Waals surface area contributed by atoms with E-state index in [0.29, 0.717) is 0 Å². The molecular weight excluding hydrogens is 508 g/mol. The average molecular weight is 559 g/mol. The van der Waals surface area contributed by atoms with Crippen molar-refractivity contribution in [2.75, 3.05) is 26.2 Å². The molecule has 0 saturated carbocycles. The minimum absolute atomic E-state index is 0.0905. The second-order valence-corrected chi connectivity index (χ2v) is 11.9. The number of carbonyl (C=O) groups excluding carboxylic acids is 1. The van der Waals surface area contributed by atoms with Crippen LogP contribution in [0.3, 0.4) is 0 Å². The van der Waals surface area contributed by atoms with E-state index in [9.17, 15) is 4.79 Å². The number of hydrogen-bond acceptors (Lipinski definition) is 6. The van der Waals surface area contributed by atoms with Crippen LogP contribution in [0, 0.1) is 0 Å². The summed E-state index contributed by atoms with van der Waals surface area (Å²) in [5.74, 6) is 2.39. The zero-order valence-electron chi connectivity index (χ0n) is 25.6. The molecule has 4 aliphatic rings. The van der Waals surface area contributed by atoms with Gasteiger partial charge in [-0.2, -0.15) is 0 Å². The lowest BCUT2D eigenvalue weighted by Crippen LogP contribution is -2.33. The highest BCUT2D eigenvalue weighted by atomic mass is 16.2. The Balaban J connectivity index is 0.000000367. The number of nitrogens with zero attached hydrogens (tertiary/aromatic N) is 5. The first-order valence-corrected chi connectivity index (χ1v) is 15.8. The molecule has 222 valence electrons. The third kappa shape index (κ3) is 9.14. The maximum atomic E-state index is 10.7. The highest BCUT2D eigenvalue weighted by molar-refractivity contribution is 6.00. The van der Waals surface area contributed by atoms with E-state index in [1.807, 2.05) is 17.2 Å². The van der Waals surface area contributed by atoms with Crippen molar-refractivity contribution >= 4 is 23.2 Å². The maximum absolute atomic E-state index is 10.7. The molecule has 7 nitrogen and oxygen atoms in total. The van der Waals surface area contributed by atoms with Gasteiger partial charge in [-0.3, -0.25) is 14.8 Å². The highest BCUT2D eigenvalue weighted by Gasteiger charge is 2.25. The molecule has 0 spiro atoms. The average Bonchev–Trinajstić information content (AvgIpc) is 3.20. The number of amidine groups is 2. The lowest BCUT2D eigenvalue weighted by molar-refractivity contribution is -0.129. The molecule has 4 aliphatic heterocycles. The molecular formula is C34H50N6O. The van der Waals surface area contributed by atoms with Crippen molar-refractivity contribution in [1.82, 2.24) is 20.1 Å². The summed E-state index contributed by atoms with van der Waals surface area (Å²) in [6.45, 7) is 14.1. The van der Waals surface area contributed by atoms with Gasteiger partial charge >= 0.3 is 0 Å². The van der Waals surface area contributed by atoms with Crippen molar-refractivity contribution in [1.29, 1.82) is 0 Å². The molecule has 7 heteroatoms. The van der Waals surface area contributed by atoms with Crippen LogP contribution in [-0.4, -0.2) is 70.6 Å². The molecule has 0 bridgehead atoms. The number of allylic oxidation sites excluding steroid dienone is 2. The molecule has 0 radical (unpaired) electrons. The van der Waals surface area contributed by atoms with Crippen molar-refractivity contribution in [2.24, 2.45) is 9.98 Å². The Bertz CT molecular complexity index is 1130. The second kappa shape index (κ2) is 15.7. The van der Waals surface area contributed by atoms with Crippen LogP contribution in [0.25, 0.3) is 5.57 Å². The topological polar surface area (TPSA) is 73.2 Å². The summed E-state index contributed by atoms with van der Waals surface area (Å²) >= 11 is 0. The van der Waals surface area contributed by atoms with Gasteiger partial charge in [-0.15, -0.1) is 6.58 Å². The monoisotopic (exact) mass is 558 g/mol. The Morgan fingerprint density at radius 1 is 0.927 bits per heavy atom. The van der Waals surface area contributed by atoms with Gasteiger partial charge in [-0.05, 0) is 76.5 Å². The SMILES string of the molecule is C=CC1NC(c2ccc(C3=CN=C(N4CCCCCCC4)CCC3)nc2)=NC1C=C(C)C.CC(=O)N1CCCCC1. The summed E-state index contributed by atoms with van der Waals surface area (Å²) in [5, 5.41) is 3.48. The van der Waals surface area contributed by atoms with E-state index in [1.54, 1.807) is 6.92 Å². The van der Waals surface area contributed by atoms with Crippen LogP contribution in [0.2, 0.25) is 0 Å². The number of carbonyl (C=O) groups is 1. The molecule has 0 aliphatic carbocycles. The summed E-state index contributed by atoms with van der Waals surface area (Å²) in [5.41, 5.74) is 4.53. The van der Waals surface area contributed by atoms with E-state index >= 15 is 0 Å². The number of aliphatic imine (C=N–C) groups is 2. The molecule has 41 heavy (non-hydrogen) atoms. The quantitative estimate of drug-likeness (QED) is 0.427. The molecule has 2 atom stereocenters. The number of aromatic nitrogens is 1. The van der Waals surface area contributed by atoms with Crippen LogP contribution in [0.5, 0.6) is 0 Å². The van der Waals surface area contributed by atoms with Crippen LogP contribution in [0.1, 0.15) is 103 Å². The van der Waals surface area contributed by atoms with Crippen molar-refractivity contribution in [2.45, 2.75) is 103 Å². The summed E-state index contributed by atoms with van der Waals surface area (Å²) in [4.78, 5) is 29.7. The fraction of sp³-hybridized carbons (Fsp3) is 0.588. The van der Waals surface area contributed by atoms with Gasteiger partial charge in [0, 0.05) is 57.5 Å². The van der Waals surface area contributed by atoms with Crippen LogP contribution in [0.15, 0.2) is 58.8 Å². The van der Waals surface area contributed by atoms with Gasteiger partial charge in [0.1, 0.15) is 11.7 Å². The van der Waals surface area contributed by atoms with Crippen LogP contribution in [0.4, 0.5) is 0 Å². The standard InChI is InChI=1S/C27H37N5.C7H13NO/c1-4-23-25(17-20(2)3)31-27(30-23)22-13-14-24(28-19-22)21-11-10-12-26(29-18-21)32-15-8-6-5-7-9-16-32;1-7(9)8-5-3-2-4-6-8/h4,13-14,17-19,23,25H,1,5-12,15-16H2,2-3H3,(H,30,31);2-6H2,1H3. The summed E-state index contributed by atoms with van der Waals surface area (Å²) < 4.78 is 0. The summed E-state index contributed by atoms with van der Waals surface area (Å²) in [6.07, 6.45) is 21.7. The minimum atomic E-state index is 0.0905. The molecule has 1 aromatic rings. The lowest BCUT2D eigenvalue weighted by atomic mass is 10.0. The van der Waals surface area contributed by atoms with Crippen molar-refractivity contribution < 1.29 is 4.79 Å². The third-order valence-corrected chi connectivity index (χ3v) is 8.31. The molecule has 2 fully saturated rings. The Kier molecular flexibility index (Phi) is 11.8. The second-order valence-electron chi connectivity index (χ2n) is 11.9. The van der Waals surface area contributed by atoms with Gasteiger partial charge in [0.15, 0.2) is 0 Å². The Hall–Kier alpha value is -3.22. The highest BCUT2D eigenvalue weighted by Crippen LogP contribution is 2.25. The Morgan fingerprint density at radius 3 is 2.22 bits per heavy atom. The first-order valence-electron chi connectivity index (χ1n) is 15.8. The predicted molar refractivity (Wildman–Crippen MR) is 171 cm³/mol. The van der Waals surface area contributed by atoms with E-state index in [0.717, 1.165) is 62.5 Å². The zero-order chi connectivity index (χ0) is 29.0. The van der Waals surface area contributed by atoms with Gasteiger partial charge in [0.05, 0.1) is 17.8 Å². The first-order chi connectivity index (χ1) is 19.9. The van der Waals surface area contributed by atoms with Crippen LogP contribution in [-0.2, 0) is 4.79 Å². The van der Waals surface area contributed by atoms with E-state index in [2.05, 4.69) is 55.1 Å². The van der Waals surface area contributed by atoms with Gasteiger partial charge in [0.2, 0.25) is 5.91 Å². The fourth-order valence-corrected chi connectivity index (χ4v) is 5.94. The summed E-state index contributed by atoms with van der Waals surface area (Å²) in [7, 11) is 0. The zero-order valence-corrected chi connectivity index (χ0v) is 25.6. The van der Waals surface area contributed by atoms with Gasteiger partial charge < -0.3 is 15.1 Å². The smallest absolute Gasteiger partial charge is 0.219 e. The fourth-order valence-electron chi connectivity index (χ4n) is 5.94. The number of likely N-dealkylation sites (tertiary alicyclic amines) is 2. The number of pyridine rings is 1. The normalized spacial score (nSPS) is 23.2. The predicted octanol–water partition coefficient (Wildman–Crippen LogP) is 6.53. The first kappa shape index (κ1) is 30.7. The molecule has 5 rings (SSSR count). The molecule has 1 amide bonds. The van der Waals surface area contributed by atoms with Crippen molar-refractivity contribution in [3.05, 3.63) is 60.1 Å². The molecule has 1 aromatic heterocycles. The van der Waals surface area contributed by atoms with Gasteiger partial charge in [-0.25, -0.2) is 4.99 Å². The number of rotatable bonds is 4. The Labute approximate surface area is 247 Å². The molecule has 0 aromatic carbocycles. The largest absolute Gasteiger partial charge is 0.361 e. The maximum Gasteiger partial charge on any atom is 0.219 e. The van der Waals surface area contributed by atoms with Crippen LogP contribution >= 0.6 is 0 Å². The number of nitrogens with one attached hydrogen (secondary N) is 1. The summed E-state index contributed by atoms with van der Waals surface area (Å²) in [6, 6.07) is 4.44. The number of piperidine rings is 1. The molecule has 2 unspecified atom stereocenters. The van der Waals surface area contributed by atoms with Crippen LogP contribution < -0.4 is 5.32 Å². The van der Waals surface area contributed by atoms with Crippen molar-refractivity contribution in [3.63, 3.8) is 0 Å². The lowest BCUT2D eigenvalue weighted by Gasteiger charge is -2.27. The molecule has 5 heterocycles. The number of amides is 1. The minimum Gasteiger partial charge on any atom is -0.361 e. The number of hydrogen-bond donors (Lipinski definition) is 1.